The lowest BCUT2D eigenvalue weighted by Gasteiger charge is -2.18. The van der Waals surface area contributed by atoms with Gasteiger partial charge in [0.1, 0.15) is 12.7 Å². The minimum absolute atomic E-state index is 0.130. The number of carbonyl (C=O) groups is 3. The second-order valence-electron chi connectivity index (χ2n) is 13.4. The quantitative estimate of drug-likeness (QED) is 0.0206. The monoisotopic (exact) mass is 793 g/mol. The molecule has 0 bridgehead atoms. The highest BCUT2D eigenvalue weighted by Gasteiger charge is 2.28. The molecule has 0 aromatic heterocycles. The van der Waals surface area contributed by atoms with Gasteiger partial charge in [0, 0.05) is 12.8 Å². The molecule has 3 atom stereocenters. The predicted octanol–water partition coefficient (Wildman–Crippen LogP) is 10.2. The molecule has 3 unspecified atom stereocenters. The Hall–Kier alpha value is -3.08. The van der Waals surface area contributed by atoms with Crippen molar-refractivity contribution in [3.8, 4) is 0 Å². The van der Waals surface area contributed by atoms with Crippen molar-refractivity contribution < 1.29 is 47.8 Å². The second-order valence-corrected chi connectivity index (χ2v) is 14.9. The van der Waals surface area contributed by atoms with Crippen LogP contribution in [0.25, 0.3) is 0 Å². The summed E-state index contributed by atoms with van der Waals surface area (Å²) in [6, 6.07) is -1.55. The van der Waals surface area contributed by atoms with Crippen molar-refractivity contribution in [3.05, 3.63) is 72.9 Å². The average molecular weight is 794 g/mol. The van der Waals surface area contributed by atoms with E-state index in [9.17, 15) is 34.1 Å². The largest absolute Gasteiger partial charge is 0.480 e. The van der Waals surface area contributed by atoms with E-state index in [4.69, 9.17) is 13.8 Å². The number of unbranched alkanes of at least 4 members (excludes halogenated alkanes) is 11. The zero-order chi connectivity index (χ0) is 40.7. The van der Waals surface area contributed by atoms with Crippen LogP contribution in [0.3, 0.4) is 0 Å². The third-order valence-corrected chi connectivity index (χ3v) is 9.16. The van der Waals surface area contributed by atoms with Crippen molar-refractivity contribution in [1.29, 1.82) is 0 Å². The molecule has 0 aliphatic heterocycles. The summed E-state index contributed by atoms with van der Waals surface area (Å²) in [4.78, 5) is 45.7. The molecule has 1 amide bonds. The Balaban J connectivity index is 3.94. The van der Waals surface area contributed by atoms with Gasteiger partial charge in [-0.1, -0.05) is 132 Å². The Kier molecular flexibility index (Phi) is 35.7. The van der Waals surface area contributed by atoms with Gasteiger partial charge in [-0.15, -0.1) is 0 Å². The number of esters is 1. The number of carboxylic acids is 1. The lowest BCUT2D eigenvalue weighted by molar-refractivity contribution is -0.147. The molecule has 11 nitrogen and oxygen atoms in total. The van der Waals surface area contributed by atoms with Crippen LogP contribution in [0.15, 0.2) is 72.9 Å². The Labute approximate surface area is 331 Å². The topological polar surface area (TPSA) is 169 Å². The van der Waals surface area contributed by atoms with Crippen LogP contribution in [0.1, 0.15) is 149 Å². The highest BCUT2D eigenvalue weighted by atomic mass is 31.2. The van der Waals surface area contributed by atoms with Gasteiger partial charge in [-0.05, 0) is 77.0 Å². The number of rotatable bonds is 37. The molecule has 0 aromatic rings. The Bertz CT molecular complexity index is 1210. The Morgan fingerprint density at radius 3 is 1.60 bits per heavy atom. The van der Waals surface area contributed by atoms with Crippen molar-refractivity contribution in [2.75, 3.05) is 19.8 Å². The summed E-state index contributed by atoms with van der Waals surface area (Å²) in [5.41, 5.74) is 0. The molecule has 4 N–H and O–H groups in total. The maximum Gasteiger partial charge on any atom is 0.472 e. The van der Waals surface area contributed by atoms with Crippen molar-refractivity contribution >= 4 is 25.7 Å². The molecule has 0 heterocycles. The maximum absolute atomic E-state index is 12.2. The molecule has 12 heteroatoms. The van der Waals surface area contributed by atoms with E-state index in [0.717, 1.165) is 109 Å². The maximum atomic E-state index is 12.2. The third kappa shape index (κ3) is 37.6. The number of aliphatic hydroxyl groups excluding tert-OH is 1. The van der Waals surface area contributed by atoms with E-state index in [1.54, 1.807) is 0 Å². The zero-order valence-corrected chi connectivity index (χ0v) is 34.6. The minimum atomic E-state index is -4.76. The molecular formula is C43H72NO10P. The lowest BCUT2D eigenvalue weighted by atomic mass is 10.1. The van der Waals surface area contributed by atoms with Crippen LogP contribution in [0, 0.1) is 0 Å². The van der Waals surface area contributed by atoms with E-state index >= 15 is 0 Å². The average Bonchev–Trinajstić information content (AvgIpc) is 3.16. The SMILES string of the molecule is CC/C=C\C/C=C\C/C=C\C/C=C\C/C=C\CCCCCCCC(=O)OCC(O)COP(=O)(O)OCC(NC(=O)CCCCCCC/C=C\CCC)C(=O)O. The first-order valence-corrected chi connectivity index (χ1v) is 22.0. The Morgan fingerprint density at radius 1 is 0.600 bits per heavy atom. The van der Waals surface area contributed by atoms with Gasteiger partial charge < -0.3 is 25.2 Å². The number of nitrogens with one attached hydrogen (secondary N) is 1. The van der Waals surface area contributed by atoms with Crippen molar-refractivity contribution in [1.82, 2.24) is 5.32 Å². The number of hydrogen-bond donors (Lipinski definition) is 4. The summed E-state index contributed by atoms with van der Waals surface area (Å²) in [5.74, 6) is -2.42. The summed E-state index contributed by atoms with van der Waals surface area (Å²) in [6.45, 7) is 2.35. The van der Waals surface area contributed by atoms with Gasteiger partial charge in [0.2, 0.25) is 5.91 Å². The molecule has 314 valence electrons. The third-order valence-electron chi connectivity index (χ3n) is 8.21. The van der Waals surface area contributed by atoms with Crippen LogP contribution < -0.4 is 5.32 Å². The van der Waals surface area contributed by atoms with E-state index < -0.39 is 57.6 Å². The number of phosphoric ester groups is 1. The first-order valence-electron chi connectivity index (χ1n) is 20.5. The fourth-order valence-corrected chi connectivity index (χ4v) is 5.82. The summed E-state index contributed by atoms with van der Waals surface area (Å²) < 4.78 is 26.7. The number of allylic oxidation sites excluding steroid dienone is 12. The number of aliphatic hydroxyl groups is 1. The molecule has 0 radical (unpaired) electrons. The van der Waals surface area contributed by atoms with Crippen LogP contribution in [0.5, 0.6) is 0 Å². The van der Waals surface area contributed by atoms with E-state index in [1.807, 2.05) is 0 Å². The van der Waals surface area contributed by atoms with Crippen LogP contribution in [0.4, 0.5) is 0 Å². The van der Waals surface area contributed by atoms with Gasteiger partial charge >= 0.3 is 19.8 Å². The molecule has 0 saturated carbocycles. The standard InChI is InChI=1S/C43H72NO10P/c1-3-5-7-9-11-13-15-16-17-18-19-20-21-22-23-24-25-27-29-31-33-35-42(47)52-36-39(45)37-53-55(50,51)54-38-40(43(48)49)44-41(46)34-32-30-28-26-14-12-10-8-6-4-2/h5,7-8,10-11,13,16-17,19-20,22-23,39-40,45H,3-4,6,9,12,14-15,18,21,24-38H2,1-2H3,(H,44,46)(H,48,49)(H,50,51)/b7-5-,10-8-,13-11-,17-16-,20-19-,23-22-. The van der Waals surface area contributed by atoms with Crippen LogP contribution in [0.2, 0.25) is 0 Å². The van der Waals surface area contributed by atoms with E-state index in [0.29, 0.717) is 12.8 Å². The number of phosphoric acid groups is 1. The fourth-order valence-electron chi connectivity index (χ4n) is 5.05. The van der Waals surface area contributed by atoms with Gasteiger partial charge in [0.15, 0.2) is 6.04 Å². The van der Waals surface area contributed by atoms with E-state index in [1.165, 1.54) is 0 Å². The molecule has 0 saturated heterocycles. The predicted molar refractivity (Wildman–Crippen MR) is 221 cm³/mol. The molecule has 0 aliphatic rings. The fraction of sp³-hybridized carbons (Fsp3) is 0.651. The molecular weight excluding hydrogens is 721 g/mol. The number of ether oxygens (including phenoxy) is 1. The minimum Gasteiger partial charge on any atom is -0.480 e. The Morgan fingerprint density at radius 2 is 1.05 bits per heavy atom. The van der Waals surface area contributed by atoms with Crippen LogP contribution in [-0.4, -0.2) is 64.9 Å². The van der Waals surface area contributed by atoms with Gasteiger partial charge in [-0.25, -0.2) is 9.36 Å². The summed E-state index contributed by atoms with van der Waals surface area (Å²) >= 11 is 0. The lowest BCUT2D eigenvalue weighted by Crippen LogP contribution is -2.43. The first kappa shape index (κ1) is 51.9. The number of carbonyl (C=O) groups excluding carboxylic acids is 2. The normalized spacial score (nSPS) is 14.5. The molecule has 0 spiro atoms. The molecule has 0 rings (SSSR count). The summed E-state index contributed by atoms with van der Waals surface area (Å²) in [5, 5.41) is 21.7. The van der Waals surface area contributed by atoms with E-state index in [2.05, 4.69) is 92.1 Å². The molecule has 0 aliphatic carbocycles. The summed E-state index contributed by atoms with van der Waals surface area (Å²) in [6.07, 6.45) is 43.7. The second kappa shape index (κ2) is 37.8. The zero-order valence-electron chi connectivity index (χ0n) is 33.7. The van der Waals surface area contributed by atoms with Crippen LogP contribution in [-0.2, 0) is 32.7 Å². The highest BCUT2D eigenvalue weighted by Crippen LogP contribution is 2.43. The van der Waals surface area contributed by atoms with Crippen molar-refractivity contribution in [3.63, 3.8) is 0 Å². The van der Waals surface area contributed by atoms with Crippen LogP contribution >= 0.6 is 7.82 Å². The highest BCUT2D eigenvalue weighted by molar-refractivity contribution is 7.47. The first-order chi connectivity index (χ1) is 26.6. The summed E-state index contributed by atoms with van der Waals surface area (Å²) in [7, 11) is -4.76. The number of amides is 1. The van der Waals surface area contributed by atoms with Gasteiger partial charge in [0.05, 0.1) is 13.2 Å². The smallest absolute Gasteiger partial charge is 0.472 e. The molecule has 0 aromatic carbocycles. The molecule has 55 heavy (non-hydrogen) atoms. The number of carboxylic acid groups (broad SMARTS) is 1. The van der Waals surface area contributed by atoms with Crippen molar-refractivity contribution in [2.24, 2.45) is 0 Å². The van der Waals surface area contributed by atoms with Gasteiger partial charge in [-0.3, -0.25) is 18.6 Å². The van der Waals surface area contributed by atoms with E-state index in [-0.39, 0.29) is 12.8 Å². The number of hydrogen-bond acceptors (Lipinski definition) is 8. The number of aliphatic carboxylic acids is 1. The molecule has 0 fully saturated rings. The van der Waals surface area contributed by atoms with Gasteiger partial charge in [0.25, 0.3) is 0 Å². The van der Waals surface area contributed by atoms with Crippen molar-refractivity contribution in [2.45, 2.75) is 161 Å². The van der Waals surface area contributed by atoms with Gasteiger partial charge in [-0.2, -0.15) is 0 Å².